The SMILES string of the molecule is Cc1ccc2[nH]c(C(C3=C(O)C(C)(c4ccccc4)C3=O)c3ccccc3)c(C)c2c1. The first kappa shape index (κ1) is 19.4. The van der Waals surface area contributed by atoms with Gasteiger partial charge in [0, 0.05) is 22.2 Å². The number of Topliss-reactive ketones (excluding diaryl/α,β-unsaturated/α-hetero) is 1. The molecule has 0 radical (unpaired) electrons. The van der Waals surface area contributed by atoms with E-state index >= 15 is 0 Å². The summed E-state index contributed by atoms with van der Waals surface area (Å²) in [5.74, 6) is -0.218. The minimum Gasteiger partial charge on any atom is -0.510 e. The molecule has 4 aromatic rings. The number of benzene rings is 3. The summed E-state index contributed by atoms with van der Waals surface area (Å²) in [5, 5.41) is 12.4. The Balaban J connectivity index is 1.73. The van der Waals surface area contributed by atoms with Crippen molar-refractivity contribution in [3.63, 3.8) is 0 Å². The zero-order chi connectivity index (χ0) is 21.8. The molecule has 1 heterocycles. The van der Waals surface area contributed by atoms with Gasteiger partial charge in [0.15, 0.2) is 5.78 Å². The maximum Gasteiger partial charge on any atom is 0.181 e. The lowest BCUT2D eigenvalue weighted by atomic mass is 9.60. The first-order valence-corrected chi connectivity index (χ1v) is 10.6. The maximum absolute atomic E-state index is 13.6. The predicted octanol–water partition coefficient (Wildman–Crippen LogP) is 6.27. The summed E-state index contributed by atoms with van der Waals surface area (Å²) in [5.41, 5.74) is 5.57. The van der Waals surface area contributed by atoms with Gasteiger partial charge < -0.3 is 10.1 Å². The molecular formula is C28H25NO2. The fourth-order valence-corrected chi connectivity index (χ4v) is 4.87. The molecule has 0 aliphatic heterocycles. The van der Waals surface area contributed by atoms with Gasteiger partial charge in [-0.15, -0.1) is 0 Å². The highest BCUT2D eigenvalue weighted by Crippen LogP contribution is 2.51. The van der Waals surface area contributed by atoms with Crippen molar-refractivity contribution in [1.82, 2.24) is 4.98 Å². The van der Waals surface area contributed by atoms with Crippen LogP contribution >= 0.6 is 0 Å². The highest BCUT2D eigenvalue weighted by molar-refractivity contribution is 6.14. The van der Waals surface area contributed by atoms with Crippen LogP contribution in [0.5, 0.6) is 0 Å². The summed E-state index contributed by atoms with van der Waals surface area (Å²) in [4.78, 5) is 17.2. The van der Waals surface area contributed by atoms with E-state index in [1.165, 1.54) is 5.56 Å². The first-order chi connectivity index (χ1) is 14.9. The number of H-pyrrole nitrogens is 1. The van der Waals surface area contributed by atoms with Crippen LogP contribution in [0.1, 0.15) is 40.8 Å². The number of carbonyl (C=O) groups is 1. The van der Waals surface area contributed by atoms with Gasteiger partial charge in [-0.05, 0) is 49.6 Å². The Hall–Kier alpha value is -3.59. The van der Waals surface area contributed by atoms with E-state index in [-0.39, 0.29) is 17.5 Å². The number of hydrogen-bond donors (Lipinski definition) is 2. The highest BCUT2D eigenvalue weighted by atomic mass is 16.3. The summed E-state index contributed by atoms with van der Waals surface area (Å²) >= 11 is 0. The van der Waals surface area contributed by atoms with Crippen LogP contribution < -0.4 is 0 Å². The minimum atomic E-state index is -1.000. The third-order valence-electron chi connectivity index (χ3n) is 6.74. The van der Waals surface area contributed by atoms with Crippen LogP contribution in [-0.2, 0) is 10.2 Å². The molecular weight excluding hydrogens is 382 g/mol. The van der Waals surface area contributed by atoms with Gasteiger partial charge in [-0.3, -0.25) is 4.79 Å². The lowest BCUT2D eigenvalue weighted by Gasteiger charge is -2.41. The molecule has 0 bridgehead atoms. The Morgan fingerprint density at radius 1 is 0.903 bits per heavy atom. The molecule has 3 nitrogen and oxygen atoms in total. The van der Waals surface area contributed by atoms with Crippen molar-refractivity contribution in [2.75, 3.05) is 0 Å². The third-order valence-corrected chi connectivity index (χ3v) is 6.74. The second kappa shape index (κ2) is 6.98. The zero-order valence-corrected chi connectivity index (χ0v) is 17.9. The zero-order valence-electron chi connectivity index (χ0n) is 17.9. The molecule has 2 N–H and O–H groups in total. The number of ketones is 1. The highest BCUT2D eigenvalue weighted by Gasteiger charge is 2.54. The number of aromatic nitrogens is 1. The number of nitrogens with one attached hydrogen (secondary N) is 1. The van der Waals surface area contributed by atoms with Crippen LogP contribution in [0.3, 0.4) is 0 Å². The van der Waals surface area contributed by atoms with Gasteiger partial charge in [-0.25, -0.2) is 0 Å². The number of aryl methyl sites for hydroxylation is 2. The number of aliphatic hydroxyl groups excluding tert-OH is 1. The van der Waals surface area contributed by atoms with E-state index in [9.17, 15) is 9.90 Å². The van der Waals surface area contributed by atoms with Crippen LogP contribution in [0.15, 0.2) is 90.2 Å². The Labute approximate surface area is 182 Å². The summed E-state index contributed by atoms with van der Waals surface area (Å²) in [6.07, 6.45) is 0. The van der Waals surface area contributed by atoms with Gasteiger partial charge in [0.2, 0.25) is 0 Å². The lowest BCUT2D eigenvalue weighted by molar-refractivity contribution is -0.123. The van der Waals surface area contributed by atoms with Gasteiger partial charge >= 0.3 is 0 Å². The second-order valence-electron chi connectivity index (χ2n) is 8.64. The summed E-state index contributed by atoms with van der Waals surface area (Å²) in [7, 11) is 0. The number of carbonyl (C=O) groups excluding carboxylic acids is 1. The lowest BCUT2D eigenvalue weighted by Crippen LogP contribution is -2.47. The molecule has 2 unspecified atom stereocenters. The molecule has 2 atom stereocenters. The Morgan fingerprint density at radius 2 is 1.55 bits per heavy atom. The quantitative estimate of drug-likeness (QED) is 0.419. The number of fused-ring (bicyclic) bond motifs is 1. The average Bonchev–Trinajstić information content (AvgIpc) is 3.13. The van der Waals surface area contributed by atoms with Crippen LogP contribution in [-0.4, -0.2) is 15.9 Å². The van der Waals surface area contributed by atoms with E-state index in [1.54, 1.807) is 0 Å². The summed E-state index contributed by atoms with van der Waals surface area (Å²) < 4.78 is 0. The number of allylic oxidation sites excluding steroid dienone is 2. The second-order valence-corrected chi connectivity index (χ2v) is 8.64. The van der Waals surface area contributed by atoms with Crippen LogP contribution in [0.2, 0.25) is 0 Å². The van der Waals surface area contributed by atoms with Crippen LogP contribution in [0.4, 0.5) is 0 Å². The van der Waals surface area contributed by atoms with Gasteiger partial charge in [0.05, 0.1) is 5.92 Å². The monoisotopic (exact) mass is 407 g/mol. The minimum absolute atomic E-state index is 0.0284. The largest absolute Gasteiger partial charge is 0.510 e. The van der Waals surface area contributed by atoms with Crippen molar-refractivity contribution in [3.05, 3.63) is 118 Å². The van der Waals surface area contributed by atoms with E-state index in [0.717, 1.165) is 33.3 Å². The molecule has 0 saturated heterocycles. The van der Waals surface area contributed by atoms with E-state index < -0.39 is 5.41 Å². The Morgan fingerprint density at radius 3 is 2.19 bits per heavy atom. The number of aromatic amines is 1. The molecule has 1 aliphatic carbocycles. The normalized spacial score (nSPS) is 19.5. The standard InChI is InChI=1S/C28H25NO2/c1-17-14-15-22-21(16-17)18(2)25(29-22)23(19-10-6-4-7-11-19)24-26(30)28(3,27(24)31)20-12-8-5-9-13-20/h4-16,23,29-30H,1-3H3. The summed E-state index contributed by atoms with van der Waals surface area (Å²) in [6.45, 7) is 5.98. The van der Waals surface area contributed by atoms with Crippen molar-refractivity contribution in [2.24, 2.45) is 0 Å². The molecule has 3 aromatic carbocycles. The number of aliphatic hydroxyl groups is 1. The topological polar surface area (TPSA) is 53.1 Å². The fraction of sp³-hybridized carbons (Fsp3) is 0.179. The smallest absolute Gasteiger partial charge is 0.181 e. The molecule has 0 amide bonds. The van der Waals surface area contributed by atoms with Gasteiger partial charge in [0.1, 0.15) is 11.2 Å². The van der Waals surface area contributed by atoms with Crippen molar-refractivity contribution >= 4 is 16.7 Å². The van der Waals surface area contributed by atoms with E-state index in [0.29, 0.717) is 5.57 Å². The molecule has 1 aromatic heterocycles. The van der Waals surface area contributed by atoms with Gasteiger partial charge in [-0.1, -0.05) is 72.3 Å². The molecule has 31 heavy (non-hydrogen) atoms. The maximum atomic E-state index is 13.6. The number of hydrogen-bond acceptors (Lipinski definition) is 2. The molecule has 1 aliphatic rings. The predicted molar refractivity (Wildman–Crippen MR) is 125 cm³/mol. The van der Waals surface area contributed by atoms with Crippen LogP contribution in [0.25, 0.3) is 10.9 Å². The Kier molecular flexibility index (Phi) is 4.37. The molecule has 0 spiro atoms. The van der Waals surface area contributed by atoms with Crippen molar-refractivity contribution in [3.8, 4) is 0 Å². The molecule has 0 saturated carbocycles. The summed E-state index contributed by atoms with van der Waals surface area (Å²) in [6, 6.07) is 25.8. The third kappa shape index (κ3) is 2.77. The van der Waals surface area contributed by atoms with Crippen molar-refractivity contribution in [2.45, 2.75) is 32.1 Å². The first-order valence-electron chi connectivity index (χ1n) is 10.6. The molecule has 3 heteroatoms. The van der Waals surface area contributed by atoms with E-state index in [1.807, 2.05) is 67.6 Å². The molecule has 5 rings (SSSR count). The van der Waals surface area contributed by atoms with Crippen molar-refractivity contribution in [1.29, 1.82) is 0 Å². The molecule has 0 fully saturated rings. The fourth-order valence-electron chi connectivity index (χ4n) is 4.87. The number of rotatable bonds is 4. The Bertz CT molecular complexity index is 1330. The molecule has 154 valence electrons. The average molecular weight is 408 g/mol. The van der Waals surface area contributed by atoms with E-state index in [2.05, 4.69) is 37.0 Å². The van der Waals surface area contributed by atoms with Crippen molar-refractivity contribution < 1.29 is 9.90 Å². The van der Waals surface area contributed by atoms with E-state index in [4.69, 9.17) is 0 Å². The van der Waals surface area contributed by atoms with Gasteiger partial charge in [-0.2, -0.15) is 0 Å². The van der Waals surface area contributed by atoms with Gasteiger partial charge in [0.25, 0.3) is 0 Å². The van der Waals surface area contributed by atoms with Crippen LogP contribution in [0, 0.1) is 13.8 Å².